The second kappa shape index (κ2) is 5.36. The lowest BCUT2D eigenvalue weighted by atomic mass is 10.2. The number of ether oxygens (including phenoxy) is 1. The van der Waals surface area contributed by atoms with E-state index < -0.39 is 11.8 Å². The molecule has 0 aliphatic carbocycles. The minimum absolute atomic E-state index is 0.138. The summed E-state index contributed by atoms with van der Waals surface area (Å²) in [5.74, 6) is -1.69. The van der Waals surface area contributed by atoms with Gasteiger partial charge in [0, 0.05) is 4.88 Å². The van der Waals surface area contributed by atoms with E-state index in [4.69, 9.17) is 9.84 Å². The monoisotopic (exact) mass is 281 g/mol. The third kappa shape index (κ3) is 3.08. The predicted octanol–water partition coefficient (Wildman–Crippen LogP) is 3.18. The Morgan fingerprint density at radius 1 is 1.47 bits per heavy atom. The van der Waals surface area contributed by atoms with E-state index in [0.717, 1.165) is 21.6 Å². The van der Waals surface area contributed by atoms with Gasteiger partial charge in [0.1, 0.15) is 28.7 Å². The molecule has 19 heavy (non-hydrogen) atoms. The molecule has 100 valence electrons. The molecule has 1 N–H and O–H groups in total. The summed E-state index contributed by atoms with van der Waals surface area (Å²) in [4.78, 5) is 16.4. The number of hydrogen-bond donors (Lipinski definition) is 1. The van der Waals surface area contributed by atoms with Gasteiger partial charge < -0.3 is 9.84 Å². The molecule has 1 aromatic carbocycles. The van der Waals surface area contributed by atoms with Crippen LogP contribution in [-0.2, 0) is 6.61 Å². The van der Waals surface area contributed by atoms with Crippen LogP contribution in [0.1, 0.15) is 25.9 Å². The zero-order valence-corrected chi connectivity index (χ0v) is 11.3. The van der Waals surface area contributed by atoms with Crippen molar-refractivity contribution in [2.45, 2.75) is 20.5 Å². The summed E-state index contributed by atoms with van der Waals surface area (Å²) in [6.07, 6.45) is 0. The highest BCUT2D eigenvalue weighted by molar-refractivity contribution is 7.11. The molecule has 0 radical (unpaired) electrons. The summed E-state index contributed by atoms with van der Waals surface area (Å²) in [7, 11) is 0. The van der Waals surface area contributed by atoms with Crippen LogP contribution in [0.15, 0.2) is 18.2 Å². The molecule has 4 nitrogen and oxygen atoms in total. The summed E-state index contributed by atoms with van der Waals surface area (Å²) >= 11 is 1.49. The van der Waals surface area contributed by atoms with Crippen molar-refractivity contribution in [3.63, 3.8) is 0 Å². The number of hydrogen-bond acceptors (Lipinski definition) is 4. The van der Waals surface area contributed by atoms with Gasteiger partial charge in [-0.3, -0.25) is 0 Å². The zero-order valence-electron chi connectivity index (χ0n) is 10.4. The fourth-order valence-corrected chi connectivity index (χ4v) is 2.38. The maximum absolute atomic E-state index is 13.0. The minimum atomic E-state index is -1.22. The second-order valence-corrected chi connectivity index (χ2v) is 5.27. The molecular weight excluding hydrogens is 269 g/mol. The van der Waals surface area contributed by atoms with Crippen molar-refractivity contribution in [1.29, 1.82) is 0 Å². The predicted molar refractivity (Wildman–Crippen MR) is 69.3 cm³/mol. The van der Waals surface area contributed by atoms with Crippen LogP contribution >= 0.6 is 11.3 Å². The van der Waals surface area contributed by atoms with Gasteiger partial charge in [0.2, 0.25) is 0 Å². The Morgan fingerprint density at radius 2 is 2.21 bits per heavy atom. The highest BCUT2D eigenvalue weighted by Gasteiger charge is 2.13. The fourth-order valence-electron chi connectivity index (χ4n) is 1.54. The third-order valence-corrected chi connectivity index (χ3v) is 3.64. The second-order valence-electron chi connectivity index (χ2n) is 3.98. The van der Waals surface area contributed by atoms with Crippen molar-refractivity contribution in [1.82, 2.24) is 4.98 Å². The fraction of sp³-hybridized carbons (Fsp3) is 0.231. The Kier molecular flexibility index (Phi) is 3.80. The summed E-state index contributed by atoms with van der Waals surface area (Å²) < 4.78 is 18.4. The SMILES string of the molecule is Cc1nc(COc2ccc(F)cc2C(=O)O)sc1C. The maximum atomic E-state index is 13.0. The molecule has 0 saturated heterocycles. The van der Waals surface area contributed by atoms with Crippen LogP contribution in [0, 0.1) is 19.7 Å². The number of halogens is 1. The topological polar surface area (TPSA) is 59.4 Å². The Balaban J connectivity index is 2.17. The van der Waals surface area contributed by atoms with Crippen LogP contribution in [0.25, 0.3) is 0 Å². The third-order valence-electron chi connectivity index (χ3n) is 2.60. The van der Waals surface area contributed by atoms with Gasteiger partial charge in [-0.2, -0.15) is 0 Å². The number of carboxylic acid groups (broad SMARTS) is 1. The molecule has 0 aliphatic rings. The van der Waals surface area contributed by atoms with E-state index in [1.807, 2.05) is 13.8 Å². The van der Waals surface area contributed by atoms with Crippen molar-refractivity contribution in [2.24, 2.45) is 0 Å². The summed E-state index contributed by atoms with van der Waals surface area (Å²) in [5.41, 5.74) is 0.742. The van der Waals surface area contributed by atoms with Crippen molar-refractivity contribution in [3.05, 3.63) is 45.2 Å². The number of benzene rings is 1. The minimum Gasteiger partial charge on any atom is -0.486 e. The quantitative estimate of drug-likeness (QED) is 0.935. The number of nitrogens with zero attached hydrogens (tertiary/aromatic N) is 1. The van der Waals surface area contributed by atoms with Gasteiger partial charge in [-0.05, 0) is 32.0 Å². The van der Waals surface area contributed by atoms with Crippen LogP contribution in [-0.4, -0.2) is 16.1 Å². The van der Waals surface area contributed by atoms with E-state index in [1.165, 1.54) is 23.5 Å². The summed E-state index contributed by atoms with van der Waals surface area (Å²) in [5, 5.41) is 9.74. The highest BCUT2D eigenvalue weighted by Crippen LogP contribution is 2.23. The van der Waals surface area contributed by atoms with Crippen LogP contribution in [0.5, 0.6) is 5.75 Å². The number of aryl methyl sites for hydroxylation is 2. The van der Waals surface area contributed by atoms with Crippen molar-refractivity contribution >= 4 is 17.3 Å². The average Bonchev–Trinajstić information content (AvgIpc) is 2.67. The molecule has 0 saturated carbocycles. The van der Waals surface area contributed by atoms with Gasteiger partial charge >= 0.3 is 5.97 Å². The molecule has 1 heterocycles. The number of aromatic nitrogens is 1. The number of thiazole rings is 1. The van der Waals surface area contributed by atoms with Gasteiger partial charge in [-0.25, -0.2) is 14.2 Å². The first-order chi connectivity index (χ1) is 8.97. The largest absolute Gasteiger partial charge is 0.486 e. The van der Waals surface area contributed by atoms with Crippen LogP contribution in [0.2, 0.25) is 0 Å². The Hall–Kier alpha value is -1.95. The summed E-state index contributed by atoms with van der Waals surface area (Å²) in [6.45, 7) is 4.03. The molecule has 0 fully saturated rings. The maximum Gasteiger partial charge on any atom is 0.339 e. The standard InChI is InChI=1S/C13H12FNO3S/c1-7-8(2)19-12(15-7)6-18-11-4-3-9(14)5-10(11)13(16)17/h3-5H,6H2,1-2H3,(H,16,17). The Bertz CT molecular complexity index is 605. The van der Waals surface area contributed by atoms with Gasteiger partial charge in [-0.15, -0.1) is 11.3 Å². The molecule has 0 atom stereocenters. The number of aromatic carboxylic acids is 1. The number of carbonyl (C=O) groups is 1. The molecule has 0 bridgehead atoms. The van der Waals surface area contributed by atoms with E-state index in [9.17, 15) is 9.18 Å². The lowest BCUT2D eigenvalue weighted by molar-refractivity contribution is 0.0691. The smallest absolute Gasteiger partial charge is 0.339 e. The molecule has 2 rings (SSSR count). The average molecular weight is 281 g/mol. The van der Waals surface area contributed by atoms with E-state index >= 15 is 0 Å². The first-order valence-corrected chi connectivity index (χ1v) is 6.37. The Labute approximate surface area is 113 Å². The highest BCUT2D eigenvalue weighted by atomic mass is 32.1. The molecule has 6 heteroatoms. The van der Waals surface area contributed by atoms with Gasteiger partial charge in [-0.1, -0.05) is 0 Å². The Morgan fingerprint density at radius 3 is 2.79 bits per heavy atom. The van der Waals surface area contributed by atoms with E-state index in [0.29, 0.717) is 0 Å². The van der Waals surface area contributed by atoms with Crippen LogP contribution in [0.4, 0.5) is 4.39 Å². The molecule has 0 spiro atoms. The van der Waals surface area contributed by atoms with E-state index in [1.54, 1.807) is 0 Å². The van der Waals surface area contributed by atoms with E-state index in [2.05, 4.69) is 4.98 Å². The zero-order chi connectivity index (χ0) is 14.0. The molecule has 1 aromatic heterocycles. The van der Waals surface area contributed by atoms with Gasteiger partial charge in [0.25, 0.3) is 0 Å². The number of rotatable bonds is 4. The molecule has 2 aromatic rings. The summed E-state index contributed by atoms with van der Waals surface area (Å²) in [6, 6.07) is 3.42. The van der Waals surface area contributed by atoms with Crippen molar-refractivity contribution in [3.8, 4) is 5.75 Å². The molecular formula is C13H12FNO3S. The molecule has 0 amide bonds. The van der Waals surface area contributed by atoms with Crippen molar-refractivity contribution in [2.75, 3.05) is 0 Å². The molecule has 0 unspecified atom stereocenters. The van der Waals surface area contributed by atoms with Gasteiger partial charge in [0.05, 0.1) is 5.69 Å². The number of carboxylic acids is 1. The first-order valence-electron chi connectivity index (χ1n) is 5.56. The van der Waals surface area contributed by atoms with Gasteiger partial charge in [0.15, 0.2) is 0 Å². The lowest BCUT2D eigenvalue weighted by Gasteiger charge is -2.07. The van der Waals surface area contributed by atoms with E-state index in [-0.39, 0.29) is 17.9 Å². The van der Waals surface area contributed by atoms with Crippen LogP contribution < -0.4 is 4.74 Å². The first kappa shape index (κ1) is 13.5. The van der Waals surface area contributed by atoms with Crippen molar-refractivity contribution < 1.29 is 19.0 Å². The van der Waals surface area contributed by atoms with Crippen LogP contribution in [0.3, 0.4) is 0 Å². The molecule has 0 aliphatic heterocycles. The normalized spacial score (nSPS) is 10.5. The lowest BCUT2D eigenvalue weighted by Crippen LogP contribution is -2.04.